The van der Waals surface area contributed by atoms with Gasteiger partial charge in [-0.3, -0.25) is 9.59 Å². The van der Waals surface area contributed by atoms with Gasteiger partial charge in [-0.05, 0) is 36.5 Å². The van der Waals surface area contributed by atoms with Gasteiger partial charge >= 0.3 is 5.97 Å². The molecule has 3 atom stereocenters. The van der Waals surface area contributed by atoms with Crippen molar-refractivity contribution in [2.24, 2.45) is 17.8 Å². The van der Waals surface area contributed by atoms with Crippen LogP contribution in [0.3, 0.4) is 0 Å². The number of fused-ring (bicyclic) bond motifs is 1. The topological polar surface area (TPSA) is 52.6 Å². The minimum absolute atomic E-state index is 0.0340. The SMILES string of the molecule is COC(=O)C1CC1C(=O)c1cc(Cl)c2c(c1)CC(C)CO2. The van der Waals surface area contributed by atoms with Crippen LogP contribution in [0, 0.1) is 17.8 Å². The molecule has 0 radical (unpaired) electrons. The van der Waals surface area contributed by atoms with Crippen molar-refractivity contribution in [3.8, 4) is 5.75 Å². The van der Waals surface area contributed by atoms with E-state index in [1.165, 1.54) is 7.11 Å². The Morgan fingerprint density at radius 3 is 2.81 bits per heavy atom. The van der Waals surface area contributed by atoms with E-state index in [-0.39, 0.29) is 23.6 Å². The molecule has 1 fully saturated rings. The maximum absolute atomic E-state index is 12.5. The van der Waals surface area contributed by atoms with Gasteiger partial charge in [-0.1, -0.05) is 18.5 Å². The number of Topliss-reactive ketones (excluding diaryl/α,β-unsaturated/α-hetero) is 1. The van der Waals surface area contributed by atoms with Crippen LogP contribution in [-0.2, 0) is 16.0 Å². The highest BCUT2D eigenvalue weighted by Gasteiger charge is 2.49. The van der Waals surface area contributed by atoms with Crippen molar-refractivity contribution >= 4 is 23.4 Å². The van der Waals surface area contributed by atoms with E-state index in [2.05, 4.69) is 11.7 Å². The van der Waals surface area contributed by atoms with E-state index in [9.17, 15) is 9.59 Å². The molecule has 1 heterocycles. The van der Waals surface area contributed by atoms with Crippen molar-refractivity contribution in [2.45, 2.75) is 19.8 Å². The summed E-state index contributed by atoms with van der Waals surface area (Å²) in [4.78, 5) is 23.9. The molecule has 0 bridgehead atoms. The van der Waals surface area contributed by atoms with Crippen molar-refractivity contribution in [1.29, 1.82) is 0 Å². The Labute approximate surface area is 128 Å². The number of benzene rings is 1. The maximum Gasteiger partial charge on any atom is 0.309 e. The largest absolute Gasteiger partial charge is 0.491 e. The number of hydrogen-bond donors (Lipinski definition) is 0. The number of hydrogen-bond acceptors (Lipinski definition) is 4. The first-order chi connectivity index (χ1) is 10.0. The van der Waals surface area contributed by atoms with Crippen LogP contribution in [0.4, 0.5) is 0 Å². The average molecular weight is 309 g/mol. The van der Waals surface area contributed by atoms with E-state index in [0.29, 0.717) is 35.3 Å². The van der Waals surface area contributed by atoms with Crippen molar-refractivity contribution < 1.29 is 19.1 Å². The third-order valence-electron chi connectivity index (χ3n) is 4.12. The van der Waals surface area contributed by atoms with E-state index in [1.807, 2.05) is 6.07 Å². The molecule has 1 aromatic carbocycles. The normalized spacial score (nSPS) is 26.5. The molecule has 1 aliphatic heterocycles. The highest BCUT2D eigenvalue weighted by Crippen LogP contribution is 2.43. The fraction of sp³-hybridized carbons (Fsp3) is 0.500. The van der Waals surface area contributed by atoms with Crippen LogP contribution in [0.15, 0.2) is 12.1 Å². The predicted molar refractivity (Wildman–Crippen MR) is 77.8 cm³/mol. The number of carbonyl (C=O) groups excluding carboxylic acids is 2. The van der Waals surface area contributed by atoms with Crippen LogP contribution in [0.1, 0.15) is 29.3 Å². The summed E-state index contributed by atoms with van der Waals surface area (Å²) < 4.78 is 10.3. The lowest BCUT2D eigenvalue weighted by Crippen LogP contribution is -2.19. The molecule has 112 valence electrons. The summed E-state index contributed by atoms with van der Waals surface area (Å²) in [6.45, 7) is 2.74. The van der Waals surface area contributed by atoms with Gasteiger partial charge in [-0.2, -0.15) is 0 Å². The molecule has 0 spiro atoms. The van der Waals surface area contributed by atoms with Crippen LogP contribution in [-0.4, -0.2) is 25.5 Å². The third-order valence-corrected chi connectivity index (χ3v) is 4.40. The summed E-state index contributed by atoms with van der Waals surface area (Å²) in [7, 11) is 1.34. The molecule has 21 heavy (non-hydrogen) atoms. The summed E-state index contributed by atoms with van der Waals surface area (Å²) in [5.41, 5.74) is 1.53. The highest BCUT2D eigenvalue weighted by atomic mass is 35.5. The second kappa shape index (κ2) is 5.34. The summed E-state index contributed by atoms with van der Waals surface area (Å²) in [5, 5.41) is 0.470. The number of rotatable bonds is 3. The van der Waals surface area contributed by atoms with Gasteiger partial charge < -0.3 is 9.47 Å². The molecule has 1 saturated carbocycles. The molecule has 0 saturated heterocycles. The summed E-state index contributed by atoms with van der Waals surface area (Å²) in [6, 6.07) is 3.50. The van der Waals surface area contributed by atoms with Gasteiger partial charge in [0.25, 0.3) is 0 Å². The average Bonchev–Trinajstić information content (AvgIpc) is 3.25. The Balaban J connectivity index is 1.84. The lowest BCUT2D eigenvalue weighted by Gasteiger charge is -2.24. The minimum Gasteiger partial charge on any atom is -0.491 e. The smallest absolute Gasteiger partial charge is 0.309 e. The van der Waals surface area contributed by atoms with E-state index in [1.54, 1.807) is 6.07 Å². The number of halogens is 1. The van der Waals surface area contributed by atoms with Gasteiger partial charge in [0.05, 0.1) is 24.7 Å². The van der Waals surface area contributed by atoms with Gasteiger partial charge in [0, 0.05) is 11.5 Å². The zero-order valence-electron chi connectivity index (χ0n) is 12.0. The molecule has 2 aliphatic rings. The number of esters is 1. The highest BCUT2D eigenvalue weighted by molar-refractivity contribution is 6.32. The quantitative estimate of drug-likeness (QED) is 0.636. The Bertz CT molecular complexity index is 611. The van der Waals surface area contributed by atoms with Crippen LogP contribution >= 0.6 is 11.6 Å². The molecule has 0 aromatic heterocycles. The standard InChI is InChI=1S/C16H17ClO4/c1-8-3-10-4-9(5-13(17)15(10)21-7-8)14(18)11-6-12(11)16(19)20-2/h4-5,8,11-12H,3,6-7H2,1-2H3. The fourth-order valence-electron chi connectivity index (χ4n) is 2.88. The van der Waals surface area contributed by atoms with Gasteiger partial charge in [-0.15, -0.1) is 0 Å². The molecule has 3 unspecified atom stereocenters. The molecular formula is C16H17ClO4. The van der Waals surface area contributed by atoms with Crippen molar-refractivity contribution in [2.75, 3.05) is 13.7 Å². The van der Waals surface area contributed by atoms with Crippen molar-refractivity contribution in [3.63, 3.8) is 0 Å². The first-order valence-corrected chi connectivity index (χ1v) is 7.46. The van der Waals surface area contributed by atoms with Crippen LogP contribution < -0.4 is 4.74 Å². The molecule has 3 rings (SSSR count). The fourth-order valence-corrected chi connectivity index (χ4v) is 3.17. The van der Waals surface area contributed by atoms with Crippen LogP contribution in [0.2, 0.25) is 5.02 Å². The molecule has 1 aliphatic carbocycles. The van der Waals surface area contributed by atoms with Gasteiger partial charge in [0.15, 0.2) is 5.78 Å². The van der Waals surface area contributed by atoms with Gasteiger partial charge in [0.1, 0.15) is 5.75 Å². The Kier molecular flexibility index (Phi) is 3.66. The number of ether oxygens (including phenoxy) is 2. The zero-order chi connectivity index (χ0) is 15.1. The summed E-state index contributed by atoms with van der Waals surface area (Å²) in [6.07, 6.45) is 1.41. The van der Waals surface area contributed by atoms with Crippen molar-refractivity contribution in [3.05, 3.63) is 28.3 Å². The minimum atomic E-state index is -0.311. The van der Waals surface area contributed by atoms with Gasteiger partial charge in [-0.25, -0.2) is 0 Å². The molecule has 0 amide bonds. The second-order valence-corrected chi connectivity index (χ2v) is 6.31. The lowest BCUT2D eigenvalue weighted by molar-refractivity contribution is -0.142. The van der Waals surface area contributed by atoms with Crippen LogP contribution in [0.5, 0.6) is 5.75 Å². The van der Waals surface area contributed by atoms with E-state index < -0.39 is 0 Å². The zero-order valence-corrected chi connectivity index (χ0v) is 12.8. The van der Waals surface area contributed by atoms with Gasteiger partial charge in [0.2, 0.25) is 0 Å². The predicted octanol–water partition coefficient (Wildman–Crippen LogP) is 2.90. The van der Waals surface area contributed by atoms with E-state index in [4.69, 9.17) is 16.3 Å². The Morgan fingerprint density at radius 1 is 1.33 bits per heavy atom. The molecule has 1 aromatic rings. The summed E-state index contributed by atoms with van der Waals surface area (Å²) in [5.74, 6) is 0.179. The lowest BCUT2D eigenvalue weighted by atomic mass is 9.94. The monoisotopic (exact) mass is 308 g/mol. The Morgan fingerprint density at radius 2 is 2.10 bits per heavy atom. The van der Waals surface area contributed by atoms with E-state index in [0.717, 1.165) is 12.0 Å². The first-order valence-electron chi connectivity index (χ1n) is 7.08. The molecule has 5 heteroatoms. The number of methoxy groups -OCH3 is 1. The third kappa shape index (κ3) is 2.64. The molecule has 0 N–H and O–H groups in total. The first kappa shape index (κ1) is 14.4. The summed E-state index contributed by atoms with van der Waals surface area (Å²) >= 11 is 6.22. The maximum atomic E-state index is 12.5. The number of carbonyl (C=O) groups is 2. The Hall–Kier alpha value is -1.55. The van der Waals surface area contributed by atoms with Crippen LogP contribution in [0.25, 0.3) is 0 Å². The second-order valence-electron chi connectivity index (χ2n) is 5.90. The number of ketones is 1. The molecule has 4 nitrogen and oxygen atoms in total. The van der Waals surface area contributed by atoms with Crippen molar-refractivity contribution in [1.82, 2.24) is 0 Å². The van der Waals surface area contributed by atoms with E-state index >= 15 is 0 Å². The molecular weight excluding hydrogens is 292 g/mol.